The molecule has 0 fully saturated rings. The highest BCUT2D eigenvalue weighted by atomic mass is 28.1. The number of hydrogen-bond donors (Lipinski definition) is 0. The van der Waals surface area contributed by atoms with Crippen LogP contribution >= 0.6 is 0 Å². The molecular weight excluding hydrogens is 186 g/mol. The molecule has 0 heterocycles. The van der Waals surface area contributed by atoms with Gasteiger partial charge in [0.25, 0.3) is 0 Å². The second kappa shape index (κ2) is 8.10. The van der Waals surface area contributed by atoms with Crippen LogP contribution in [0.25, 0.3) is 0 Å². The van der Waals surface area contributed by atoms with Crippen molar-refractivity contribution in [3.63, 3.8) is 0 Å². The Bertz CT molecular complexity index is 169. The minimum absolute atomic E-state index is 1.21. The van der Waals surface area contributed by atoms with Gasteiger partial charge in [0.2, 0.25) is 0 Å². The van der Waals surface area contributed by atoms with Gasteiger partial charge in [-0.05, 0) is 25.7 Å². The summed E-state index contributed by atoms with van der Waals surface area (Å²) in [6.45, 7) is 11.6. The molecule has 0 aliphatic carbocycles. The van der Waals surface area contributed by atoms with E-state index in [0.717, 1.165) is 0 Å². The van der Waals surface area contributed by atoms with Crippen molar-refractivity contribution in [2.45, 2.75) is 53.4 Å². The summed E-state index contributed by atoms with van der Waals surface area (Å²) in [5, 5.41) is 1.70. The van der Waals surface area contributed by atoms with Crippen molar-refractivity contribution in [2.24, 2.45) is 0 Å². The van der Waals surface area contributed by atoms with Crippen molar-refractivity contribution in [2.75, 3.05) is 13.1 Å². The molecule has 0 spiro atoms. The van der Waals surface area contributed by atoms with Crippen LogP contribution in [0.4, 0.5) is 0 Å². The van der Waals surface area contributed by atoms with Gasteiger partial charge in [0.1, 0.15) is 0 Å². The molecule has 1 nitrogen and oxygen atoms in total. The van der Waals surface area contributed by atoms with Crippen molar-refractivity contribution < 1.29 is 0 Å². The predicted octanol–water partition coefficient (Wildman–Crippen LogP) is 2.51. The molecule has 0 bridgehead atoms. The van der Waals surface area contributed by atoms with E-state index in [0.29, 0.717) is 0 Å². The highest BCUT2D eigenvalue weighted by Crippen LogP contribution is 2.15. The molecule has 0 rings (SSSR count). The van der Waals surface area contributed by atoms with Gasteiger partial charge in [0.15, 0.2) is 0 Å². The van der Waals surface area contributed by atoms with Gasteiger partial charge in [-0.2, -0.15) is 0 Å². The monoisotopic (exact) mass is 213 g/mol. The normalized spacial score (nSPS) is 12.9. The molecule has 0 aromatic rings. The fourth-order valence-corrected chi connectivity index (χ4v) is 2.59. The summed E-state index contributed by atoms with van der Waals surface area (Å²) in [4.78, 5) is 2.60. The highest BCUT2D eigenvalue weighted by Gasteiger charge is 2.07. The van der Waals surface area contributed by atoms with Crippen molar-refractivity contribution in [1.82, 2.24) is 4.90 Å². The Kier molecular flexibility index (Phi) is 7.96. The van der Waals surface area contributed by atoms with Crippen molar-refractivity contribution in [3.8, 4) is 0 Å². The van der Waals surface area contributed by atoms with E-state index >= 15 is 0 Å². The van der Waals surface area contributed by atoms with Gasteiger partial charge in [-0.15, -0.1) is 0 Å². The van der Waals surface area contributed by atoms with Crippen molar-refractivity contribution in [1.29, 1.82) is 0 Å². The number of rotatable bonds is 7. The second-order valence-corrected chi connectivity index (χ2v) is 5.13. The molecule has 0 aromatic carbocycles. The van der Waals surface area contributed by atoms with Crippen LogP contribution in [0.1, 0.15) is 53.4 Å². The maximum atomic E-state index is 2.60. The Morgan fingerprint density at radius 1 is 0.929 bits per heavy atom. The predicted molar refractivity (Wildman–Crippen MR) is 69.7 cm³/mol. The lowest BCUT2D eigenvalue weighted by Crippen LogP contribution is -2.26. The highest BCUT2D eigenvalue weighted by molar-refractivity contribution is 6.21. The molecule has 0 saturated carbocycles. The van der Waals surface area contributed by atoms with E-state index in [2.05, 4.69) is 32.6 Å². The lowest BCUT2D eigenvalue weighted by molar-refractivity contribution is 0.333. The van der Waals surface area contributed by atoms with Crippen LogP contribution in [0.5, 0.6) is 0 Å². The summed E-state index contributed by atoms with van der Waals surface area (Å²) < 4.78 is 0. The second-order valence-electron chi connectivity index (χ2n) is 3.92. The van der Waals surface area contributed by atoms with E-state index in [1.54, 1.807) is 10.9 Å². The molecule has 0 atom stereocenters. The van der Waals surface area contributed by atoms with Crippen LogP contribution in [0.15, 0.2) is 10.9 Å². The molecule has 0 N–H and O–H groups in total. The van der Waals surface area contributed by atoms with E-state index in [4.69, 9.17) is 0 Å². The maximum Gasteiger partial charge on any atom is 0.0355 e. The fraction of sp³-hybridized carbons (Fsp3) is 0.833. The SMILES string of the molecule is CCCN(CCC)C(CC)=C([SiH3])CC. The molecule has 0 radical (unpaired) electrons. The maximum absolute atomic E-state index is 2.60. The number of nitrogens with zero attached hydrogens (tertiary/aromatic N) is 1. The average Bonchev–Trinajstić information content (AvgIpc) is 2.19. The summed E-state index contributed by atoms with van der Waals surface area (Å²) in [7, 11) is 1.23. The van der Waals surface area contributed by atoms with Gasteiger partial charge < -0.3 is 4.90 Å². The summed E-state index contributed by atoms with van der Waals surface area (Å²) in [5.74, 6) is 0. The molecule has 0 amide bonds. The third kappa shape index (κ3) is 4.31. The first kappa shape index (κ1) is 13.8. The Morgan fingerprint density at radius 2 is 1.43 bits per heavy atom. The Hall–Kier alpha value is -0.243. The van der Waals surface area contributed by atoms with Gasteiger partial charge >= 0.3 is 0 Å². The Morgan fingerprint density at radius 3 is 1.71 bits per heavy atom. The summed E-state index contributed by atoms with van der Waals surface area (Å²) in [6, 6.07) is 0. The molecule has 84 valence electrons. The standard InChI is InChI=1S/C12H27NSi/c1-5-9-13(10-6-2)11(7-3)12(14)8-4/h5-10H2,1-4,14H3. The summed E-state index contributed by atoms with van der Waals surface area (Å²) in [5.41, 5.74) is 1.64. The van der Waals surface area contributed by atoms with Crippen LogP contribution in [-0.2, 0) is 0 Å². The minimum Gasteiger partial charge on any atom is -0.375 e. The lowest BCUT2D eigenvalue weighted by atomic mass is 10.2. The van der Waals surface area contributed by atoms with Gasteiger partial charge in [-0.1, -0.05) is 32.9 Å². The molecule has 0 unspecified atom stereocenters. The fourth-order valence-electron chi connectivity index (χ4n) is 1.92. The van der Waals surface area contributed by atoms with Crippen LogP contribution in [0, 0.1) is 0 Å². The smallest absolute Gasteiger partial charge is 0.0355 e. The molecule has 0 aliphatic heterocycles. The molecule has 0 saturated heterocycles. The first-order valence-electron chi connectivity index (χ1n) is 6.14. The van der Waals surface area contributed by atoms with Crippen molar-refractivity contribution >= 4 is 10.2 Å². The van der Waals surface area contributed by atoms with Gasteiger partial charge in [-0.25, -0.2) is 0 Å². The van der Waals surface area contributed by atoms with E-state index in [1.807, 2.05) is 0 Å². The van der Waals surface area contributed by atoms with Gasteiger partial charge in [0, 0.05) is 29.0 Å². The topological polar surface area (TPSA) is 3.24 Å². The average molecular weight is 213 g/mol. The number of hydrogen-bond acceptors (Lipinski definition) is 1. The van der Waals surface area contributed by atoms with Crippen LogP contribution in [-0.4, -0.2) is 28.2 Å². The van der Waals surface area contributed by atoms with Crippen LogP contribution in [0.3, 0.4) is 0 Å². The summed E-state index contributed by atoms with van der Waals surface area (Å²) >= 11 is 0. The third-order valence-corrected chi connectivity index (χ3v) is 4.01. The zero-order chi connectivity index (χ0) is 11.0. The molecular formula is C12H27NSi. The first-order chi connectivity index (χ1) is 6.71. The molecule has 0 aromatic heterocycles. The van der Waals surface area contributed by atoms with E-state index in [-0.39, 0.29) is 0 Å². The van der Waals surface area contributed by atoms with E-state index in [1.165, 1.54) is 49.0 Å². The number of allylic oxidation sites excluding steroid dienone is 2. The third-order valence-electron chi connectivity index (χ3n) is 2.73. The first-order valence-corrected chi connectivity index (χ1v) is 7.14. The summed E-state index contributed by atoms with van der Waals surface area (Å²) in [6.07, 6.45) is 5.00. The zero-order valence-electron chi connectivity index (χ0n) is 10.7. The molecule has 0 aliphatic rings. The minimum atomic E-state index is 1.21. The Balaban J connectivity index is 4.56. The van der Waals surface area contributed by atoms with E-state index in [9.17, 15) is 0 Å². The largest absolute Gasteiger partial charge is 0.375 e. The van der Waals surface area contributed by atoms with Crippen molar-refractivity contribution in [3.05, 3.63) is 10.9 Å². The van der Waals surface area contributed by atoms with Crippen LogP contribution in [0.2, 0.25) is 0 Å². The molecule has 2 heteroatoms. The zero-order valence-corrected chi connectivity index (χ0v) is 12.7. The molecule has 14 heavy (non-hydrogen) atoms. The van der Waals surface area contributed by atoms with Gasteiger partial charge in [-0.3, -0.25) is 0 Å². The van der Waals surface area contributed by atoms with Gasteiger partial charge in [0.05, 0.1) is 0 Å². The Labute approximate surface area is 93.0 Å². The van der Waals surface area contributed by atoms with Crippen LogP contribution < -0.4 is 0 Å². The van der Waals surface area contributed by atoms with E-state index < -0.39 is 0 Å². The quantitative estimate of drug-likeness (QED) is 0.587. The lowest BCUT2D eigenvalue weighted by Gasteiger charge is -2.28.